The fraction of sp³-hybridized carbons (Fsp3) is 0.208. The molecule has 0 aliphatic heterocycles. The minimum atomic E-state index is -3.75. The molecule has 31 heavy (non-hydrogen) atoms. The fourth-order valence-corrected chi connectivity index (χ4v) is 3.89. The number of rotatable bonds is 7. The molecule has 0 saturated heterocycles. The van der Waals surface area contributed by atoms with Crippen LogP contribution in [0.5, 0.6) is 0 Å². The zero-order chi connectivity index (χ0) is 22.4. The van der Waals surface area contributed by atoms with Crippen molar-refractivity contribution in [2.75, 3.05) is 7.05 Å². The first-order valence-electron chi connectivity index (χ1n) is 10.0. The van der Waals surface area contributed by atoms with Gasteiger partial charge in [0.1, 0.15) is 0 Å². The number of benzene rings is 3. The van der Waals surface area contributed by atoms with Crippen molar-refractivity contribution in [2.45, 2.75) is 30.3 Å². The van der Waals surface area contributed by atoms with E-state index >= 15 is 0 Å². The van der Waals surface area contributed by atoms with Crippen molar-refractivity contribution in [3.63, 3.8) is 0 Å². The lowest BCUT2D eigenvalue weighted by atomic mass is 9.99. The Kier molecular flexibility index (Phi) is 7.09. The van der Waals surface area contributed by atoms with Crippen molar-refractivity contribution in [2.24, 2.45) is 5.14 Å². The third-order valence-corrected chi connectivity index (χ3v) is 6.30. The summed E-state index contributed by atoms with van der Waals surface area (Å²) in [7, 11) is -2.03. The standard InChI is InChI=1S/C24H27N3O3S/c1-18(20-13-15-22(16-14-20)31(25,29)30)27(2)24(28)26-23(21-11-7-4-8-12-21)17-19-9-5-3-6-10-19/h3-16,18,23H,17H2,1-2H3,(H,26,28)(H2,25,29,30). The second-order valence-electron chi connectivity index (χ2n) is 7.50. The molecular formula is C24H27N3O3S. The van der Waals surface area contributed by atoms with Gasteiger partial charge in [-0.25, -0.2) is 18.4 Å². The lowest BCUT2D eigenvalue weighted by Crippen LogP contribution is -2.41. The first-order chi connectivity index (χ1) is 14.8. The van der Waals surface area contributed by atoms with E-state index in [0.29, 0.717) is 6.42 Å². The third-order valence-electron chi connectivity index (χ3n) is 5.37. The van der Waals surface area contributed by atoms with Crippen LogP contribution >= 0.6 is 0 Å². The van der Waals surface area contributed by atoms with Gasteiger partial charge in [0.05, 0.1) is 17.0 Å². The summed E-state index contributed by atoms with van der Waals surface area (Å²) >= 11 is 0. The SMILES string of the molecule is CC(c1ccc(S(N)(=O)=O)cc1)N(C)C(=O)NC(Cc1ccccc1)c1ccccc1. The van der Waals surface area contributed by atoms with Crippen LogP contribution in [-0.4, -0.2) is 26.4 Å². The summed E-state index contributed by atoms with van der Waals surface area (Å²) in [4.78, 5) is 14.7. The molecule has 0 aliphatic rings. The number of primary sulfonamides is 1. The van der Waals surface area contributed by atoms with Crippen molar-refractivity contribution in [1.29, 1.82) is 0 Å². The Morgan fingerprint density at radius 3 is 2.00 bits per heavy atom. The molecule has 0 saturated carbocycles. The van der Waals surface area contributed by atoms with Gasteiger partial charge in [0.25, 0.3) is 0 Å². The highest BCUT2D eigenvalue weighted by atomic mass is 32.2. The molecule has 2 unspecified atom stereocenters. The lowest BCUT2D eigenvalue weighted by Gasteiger charge is -2.29. The topological polar surface area (TPSA) is 92.5 Å². The molecule has 0 bridgehead atoms. The van der Waals surface area contributed by atoms with Crippen LogP contribution < -0.4 is 10.5 Å². The molecule has 2 amide bonds. The van der Waals surface area contributed by atoms with E-state index in [1.54, 1.807) is 24.1 Å². The average molecular weight is 438 g/mol. The van der Waals surface area contributed by atoms with Gasteiger partial charge in [0.2, 0.25) is 10.0 Å². The normalized spacial score (nSPS) is 13.3. The maximum absolute atomic E-state index is 13.1. The van der Waals surface area contributed by atoms with E-state index in [9.17, 15) is 13.2 Å². The summed E-state index contributed by atoms with van der Waals surface area (Å²) in [5.74, 6) is 0. The monoisotopic (exact) mass is 437 g/mol. The van der Waals surface area contributed by atoms with Crippen LogP contribution in [0.4, 0.5) is 4.79 Å². The van der Waals surface area contributed by atoms with Crippen LogP contribution in [0, 0.1) is 0 Å². The van der Waals surface area contributed by atoms with Crippen molar-refractivity contribution >= 4 is 16.1 Å². The average Bonchev–Trinajstić information content (AvgIpc) is 2.78. The van der Waals surface area contributed by atoms with Gasteiger partial charge in [0, 0.05) is 7.05 Å². The Balaban J connectivity index is 1.75. The van der Waals surface area contributed by atoms with Crippen LogP contribution in [0.15, 0.2) is 89.8 Å². The minimum Gasteiger partial charge on any atom is -0.331 e. The summed E-state index contributed by atoms with van der Waals surface area (Å²) < 4.78 is 22.9. The second-order valence-corrected chi connectivity index (χ2v) is 9.06. The number of carbonyl (C=O) groups excluding carboxylic acids is 1. The minimum absolute atomic E-state index is 0.0440. The highest BCUT2D eigenvalue weighted by Crippen LogP contribution is 2.23. The smallest absolute Gasteiger partial charge is 0.318 e. The second kappa shape index (κ2) is 9.76. The molecule has 0 aliphatic carbocycles. The van der Waals surface area contributed by atoms with Gasteiger partial charge in [0.15, 0.2) is 0 Å². The molecule has 0 spiro atoms. The molecule has 7 heteroatoms. The van der Waals surface area contributed by atoms with Crippen molar-refractivity contribution < 1.29 is 13.2 Å². The Morgan fingerprint density at radius 1 is 0.903 bits per heavy atom. The van der Waals surface area contributed by atoms with E-state index in [2.05, 4.69) is 5.32 Å². The summed E-state index contributed by atoms with van der Waals surface area (Å²) in [6.45, 7) is 1.89. The van der Waals surface area contributed by atoms with E-state index in [0.717, 1.165) is 16.7 Å². The van der Waals surface area contributed by atoms with Crippen molar-refractivity contribution in [1.82, 2.24) is 10.2 Å². The summed E-state index contributed by atoms with van der Waals surface area (Å²) in [6.07, 6.45) is 0.669. The first-order valence-corrected chi connectivity index (χ1v) is 11.6. The number of amides is 2. The van der Waals surface area contributed by atoms with Crippen LogP contribution in [-0.2, 0) is 16.4 Å². The number of nitrogens with zero attached hydrogens (tertiary/aromatic N) is 1. The molecule has 162 valence electrons. The highest BCUT2D eigenvalue weighted by Gasteiger charge is 2.22. The van der Waals surface area contributed by atoms with Gasteiger partial charge in [-0.1, -0.05) is 72.8 Å². The summed E-state index contributed by atoms with van der Waals surface area (Å²) in [6, 6.07) is 25.5. The van der Waals surface area contributed by atoms with Gasteiger partial charge in [-0.2, -0.15) is 0 Å². The lowest BCUT2D eigenvalue weighted by molar-refractivity contribution is 0.190. The Morgan fingerprint density at radius 2 is 1.45 bits per heavy atom. The van der Waals surface area contributed by atoms with E-state index in [1.165, 1.54) is 12.1 Å². The number of urea groups is 1. The molecule has 6 nitrogen and oxygen atoms in total. The molecule has 2 atom stereocenters. The zero-order valence-corrected chi connectivity index (χ0v) is 18.4. The van der Waals surface area contributed by atoms with Crippen LogP contribution in [0.25, 0.3) is 0 Å². The van der Waals surface area contributed by atoms with Gasteiger partial charge in [-0.3, -0.25) is 0 Å². The maximum atomic E-state index is 13.1. The van der Waals surface area contributed by atoms with Gasteiger partial charge >= 0.3 is 6.03 Å². The molecule has 0 fully saturated rings. The number of carbonyl (C=O) groups is 1. The quantitative estimate of drug-likeness (QED) is 0.585. The van der Waals surface area contributed by atoms with E-state index in [-0.39, 0.29) is 23.0 Å². The van der Waals surface area contributed by atoms with Crippen LogP contribution in [0.2, 0.25) is 0 Å². The molecule has 3 N–H and O–H groups in total. The van der Waals surface area contributed by atoms with Crippen LogP contribution in [0.1, 0.15) is 35.7 Å². The van der Waals surface area contributed by atoms with Gasteiger partial charge < -0.3 is 10.2 Å². The number of hydrogen-bond acceptors (Lipinski definition) is 3. The van der Waals surface area contributed by atoms with Gasteiger partial charge in [-0.15, -0.1) is 0 Å². The number of hydrogen-bond donors (Lipinski definition) is 2. The van der Waals surface area contributed by atoms with Crippen molar-refractivity contribution in [3.8, 4) is 0 Å². The maximum Gasteiger partial charge on any atom is 0.318 e. The molecule has 0 radical (unpaired) electrons. The van der Waals surface area contributed by atoms with E-state index in [1.807, 2.05) is 67.6 Å². The molecule has 3 aromatic carbocycles. The number of sulfonamides is 1. The zero-order valence-electron chi connectivity index (χ0n) is 17.6. The summed E-state index contributed by atoms with van der Waals surface area (Å²) in [5, 5.41) is 8.30. The van der Waals surface area contributed by atoms with Crippen LogP contribution in [0.3, 0.4) is 0 Å². The van der Waals surface area contributed by atoms with E-state index in [4.69, 9.17) is 5.14 Å². The first kappa shape index (κ1) is 22.5. The van der Waals surface area contributed by atoms with E-state index < -0.39 is 10.0 Å². The Bertz CT molecular complexity index is 1100. The Hall–Kier alpha value is -3.16. The predicted molar refractivity (Wildman–Crippen MR) is 122 cm³/mol. The summed E-state index contributed by atoms with van der Waals surface area (Å²) in [5.41, 5.74) is 2.97. The molecule has 3 aromatic rings. The Labute approximate surface area is 183 Å². The van der Waals surface area contributed by atoms with Gasteiger partial charge in [-0.05, 0) is 42.2 Å². The predicted octanol–water partition coefficient (Wildman–Crippen LogP) is 4.02. The highest BCUT2D eigenvalue weighted by molar-refractivity contribution is 7.89. The fourth-order valence-electron chi connectivity index (χ4n) is 3.37. The number of nitrogens with two attached hydrogens (primary N) is 1. The molecular weight excluding hydrogens is 410 g/mol. The van der Waals surface area contributed by atoms with Crippen molar-refractivity contribution in [3.05, 3.63) is 102 Å². The third kappa shape index (κ3) is 5.93. The molecule has 0 heterocycles. The largest absolute Gasteiger partial charge is 0.331 e. The molecule has 3 rings (SSSR count). The molecule has 0 aromatic heterocycles. The number of nitrogens with one attached hydrogen (secondary N) is 1.